The van der Waals surface area contributed by atoms with Gasteiger partial charge in [-0.25, -0.2) is 4.98 Å². The van der Waals surface area contributed by atoms with Crippen LogP contribution in [-0.4, -0.2) is 29.7 Å². The zero-order valence-corrected chi connectivity index (χ0v) is 9.79. The van der Waals surface area contributed by atoms with E-state index in [1.807, 2.05) is 0 Å². The number of fused-ring (bicyclic) bond motifs is 1. The first-order valence-electron chi connectivity index (χ1n) is 6.29. The van der Waals surface area contributed by atoms with E-state index >= 15 is 0 Å². The Kier molecular flexibility index (Phi) is 2.84. The van der Waals surface area contributed by atoms with Gasteiger partial charge in [-0.1, -0.05) is 0 Å². The van der Waals surface area contributed by atoms with Gasteiger partial charge in [0.05, 0.1) is 5.56 Å². The van der Waals surface area contributed by atoms with Gasteiger partial charge < -0.3 is 15.0 Å². The van der Waals surface area contributed by atoms with Crippen LogP contribution < -0.4 is 10.9 Å². The number of aromatic amines is 1. The molecular weight excluding hydrogens is 218 g/mol. The second kappa shape index (κ2) is 4.49. The van der Waals surface area contributed by atoms with Gasteiger partial charge in [-0.3, -0.25) is 4.79 Å². The molecule has 2 N–H and O–H groups in total. The zero-order valence-electron chi connectivity index (χ0n) is 9.79. The van der Waals surface area contributed by atoms with Crippen molar-refractivity contribution in [2.75, 3.05) is 25.1 Å². The van der Waals surface area contributed by atoms with E-state index in [1.54, 1.807) is 0 Å². The van der Waals surface area contributed by atoms with Gasteiger partial charge in [0, 0.05) is 25.7 Å². The largest absolute Gasteiger partial charge is 0.381 e. The molecule has 0 radical (unpaired) electrons. The van der Waals surface area contributed by atoms with Crippen LogP contribution in [-0.2, 0) is 11.2 Å². The Morgan fingerprint density at radius 1 is 1.29 bits per heavy atom. The molecule has 17 heavy (non-hydrogen) atoms. The van der Waals surface area contributed by atoms with Gasteiger partial charge in [0.15, 0.2) is 0 Å². The predicted molar refractivity (Wildman–Crippen MR) is 64.5 cm³/mol. The Morgan fingerprint density at radius 3 is 2.94 bits per heavy atom. The summed E-state index contributed by atoms with van der Waals surface area (Å²) >= 11 is 0. The van der Waals surface area contributed by atoms with Crippen molar-refractivity contribution in [3.63, 3.8) is 0 Å². The molecule has 2 aliphatic heterocycles. The first-order valence-corrected chi connectivity index (χ1v) is 6.29. The summed E-state index contributed by atoms with van der Waals surface area (Å²) in [4.78, 5) is 19.5. The number of nitrogens with zero attached hydrogens (tertiary/aromatic N) is 1. The average molecular weight is 235 g/mol. The molecule has 0 aromatic carbocycles. The Balaban J connectivity index is 1.95. The van der Waals surface area contributed by atoms with Crippen LogP contribution in [0.5, 0.6) is 0 Å². The SMILES string of the molecule is O=c1[nH]c(C2CCOCC2)nc2c1CCCN2. The normalized spacial score (nSPS) is 20.7. The van der Waals surface area contributed by atoms with Crippen molar-refractivity contribution >= 4 is 5.82 Å². The third kappa shape index (κ3) is 2.07. The molecule has 5 nitrogen and oxygen atoms in total. The average Bonchev–Trinajstić information content (AvgIpc) is 2.40. The Morgan fingerprint density at radius 2 is 2.12 bits per heavy atom. The number of aromatic nitrogens is 2. The van der Waals surface area contributed by atoms with Crippen molar-refractivity contribution < 1.29 is 4.74 Å². The van der Waals surface area contributed by atoms with Crippen molar-refractivity contribution in [1.82, 2.24) is 9.97 Å². The van der Waals surface area contributed by atoms with E-state index in [9.17, 15) is 4.79 Å². The van der Waals surface area contributed by atoms with Crippen LogP contribution in [0.15, 0.2) is 4.79 Å². The van der Waals surface area contributed by atoms with Crippen molar-refractivity contribution in [1.29, 1.82) is 0 Å². The first-order chi connectivity index (χ1) is 8.34. The summed E-state index contributed by atoms with van der Waals surface area (Å²) in [6.45, 7) is 2.44. The summed E-state index contributed by atoms with van der Waals surface area (Å²) in [6.07, 6.45) is 3.73. The molecule has 0 atom stereocenters. The molecule has 0 spiro atoms. The van der Waals surface area contributed by atoms with Gasteiger partial charge in [0.1, 0.15) is 11.6 Å². The first kappa shape index (κ1) is 10.8. The highest BCUT2D eigenvalue weighted by Gasteiger charge is 2.21. The van der Waals surface area contributed by atoms with Crippen molar-refractivity contribution in [2.24, 2.45) is 0 Å². The number of nitrogens with one attached hydrogen (secondary N) is 2. The van der Waals surface area contributed by atoms with Gasteiger partial charge in [0.2, 0.25) is 0 Å². The number of ether oxygens (including phenoxy) is 1. The maximum absolute atomic E-state index is 12.0. The number of anilines is 1. The van der Waals surface area contributed by atoms with Crippen LogP contribution in [0.4, 0.5) is 5.82 Å². The van der Waals surface area contributed by atoms with Crippen LogP contribution in [0.2, 0.25) is 0 Å². The number of H-pyrrole nitrogens is 1. The monoisotopic (exact) mass is 235 g/mol. The minimum absolute atomic E-state index is 0.0312. The topological polar surface area (TPSA) is 67.0 Å². The number of hydrogen-bond acceptors (Lipinski definition) is 4. The Hall–Kier alpha value is -1.36. The lowest BCUT2D eigenvalue weighted by Crippen LogP contribution is -2.27. The van der Waals surface area contributed by atoms with E-state index in [4.69, 9.17) is 4.74 Å². The maximum Gasteiger partial charge on any atom is 0.256 e. The van der Waals surface area contributed by atoms with Crippen LogP contribution in [0, 0.1) is 0 Å². The van der Waals surface area contributed by atoms with Crippen LogP contribution in [0.1, 0.15) is 36.6 Å². The number of rotatable bonds is 1. The van der Waals surface area contributed by atoms with E-state index in [-0.39, 0.29) is 5.56 Å². The summed E-state index contributed by atoms with van der Waals surface area (Å²) in [5.74, 6) is 1.96. The second-order valence-corrected chi connectivity index (χ2v) is 4.70. The minimum atomic E-state index is 0.0312. The van der Waals surface area contributed by atoms with Crippen LogP contribution >= 0.6 is 0 Å². The molecule has 5 heteroatoms. The van der Waals surface area contributed by atoms with Gasteiger partial charge in [-0.05, 0) is 25.7 Å². The minimum Gasteiger partial charge on any atom is -0.381 e. The quantitative estimate of drug-likeness (QED) is 0.762. The molecule has 1 aromatic rings. The fourth-order valence-electron chi connectivity index (χ4n) is 2.53. The standard InChI is InChI=1S/C12H17N3O2/c16-12-9-2-1-5-13-11(9)14-10(15-12)8-3-6-17-7-4-8/h8H,1-7H2,(H2,13,14,15,16). The molecule has 3 heterocycles. The van der Waals surface area contributed by atoms with Crippen molar-refractivity contribution in [3.05, 3.63) is 21.7 Å². The molecule has 0 saturated carbocycles. The summed E-state index contributed by atoms with van der Waals surface area (Å²) < 4.78 is 5.33. The Bertz CT molecular complexity index is 463. The van der Waals surface area contributed by atoms with Gasteiger partial charge in [-0.2, -0.15) is 0 Å². The van der Waals surface area contributed by atoms with E-state index < -0.39 is 0 Å². The number of hydrogen-bond donors (Lipinski definition) is 2. The molecule has 1 saturated heterocycles. The highest BCUT2D eigenvalue weighted by Crippen LogP contribution is 2.25. The molecule has 1 fully saturated rings. The third-order valence-corrected chi connectivity index (χ3v) is 3.54. The fraction of sp³-hybridized carbons (Fsp3) is 0.667. The van der Waals surface area contributed by atoms with Crippen molar-refractivity contribution in [2.45, 2.75) is 31.6 Å². The molecule has 0 bridgehead atoms. The molecule has 1 aromatic heterocycles. The summed E-state index contributed by atoms with van der Waals surface area (Å²) in [5.41, 5.74) is 0.843. The van der Waals surface area contributed by atoms with Crippen molar-refractivity contribution in [3.8, 4) is 0 Å². The molecule has 2 aliphatic rings. The Labute approximate surface area is 99.6 Å². The summed E-state index contributed by atoms with van der Waals surface area (Å²) in [7, 11) is 0. The molecule has 92 valence electrons. The summed E-state index contributed by atoms with van der Waals surface area (Å²) in [6, 6.07) is 0. The lowest BCUT2D eigenvalue weighted by Gasteiger charge is -2.23. The van der Waals surface area contributed by atoms with E-state index in [2.05, 4.69) is 15.3 Å². The van der Waals surface area contributed by atoms with E-state index in [0.29, 0.717) is 5.92 Å². The molecule has 0 aliphatic carbocycles. The van der Waals surface area contributed by atoms with Crippen LogP contribution in [0.25, 0.3) is 0 Å². The lowest BCUT2D eigenvalue weighted by atomic mass is 9.99. The molecule has 3 rings (SSSR count). The van der Waals surface area contributed by atoms with Gasteiger partial charge >= 0.3 is 0 Å². The van der Waals surface area contributed by atoms with E-state index in [1.165, 1.54) is 0 Å². The van der Waals surface area contributed by atoms with Crippen LogP contribution in [0.3, 0.4) is 0 Å². The summed E-state index contributed by atoms with van der Waals surface area (Å²) in [5, 5.41) is 3.22. The molecular formula is C12H17N3O2. The fourth-order valence-corrected chi connectivity index (χ4v) is 2.53. The maximum atomic E-state index is 12.0. The van der Waals surface area contributed by atoms with Gasteiger partial charge in [0.25, 0.3) is 5.56 Å². The highest BCUT2D eigenvalue weighted by atomic mass is 16.5. The molecule has 0 unspecified atom stereocenters. The zero-order chi connectivity index (χ0) is 11.7. The smallest absolute Gasteiger partial charge is 0.256 e. The third-order valence-electron chi connectivity index (χ3n) is 3.54. The van der Waals surface area contributed by atoms with Gasteiger partial charge in [-0.15, -0.1) is 0 Å². The molecule has 0 amide bonds. The lowest BCUT2D eigenvalue weighted by molar-refractivity contribution is 0.0835. The second-order valence-electron chi connectivity index (χ2n) is 4.70. The predicted octanol–water partition coefficient (Wildman–Crippen LogP) is 1.02. The highest BCUT2D eigenvalue weighted by molar-refractivity contribution is 5.45. The van der Waals surface area contributed by atoms with E-state index in [0.717, 1.165) is 62.6 Å².